The second kappa shape index (κ2) is 5.79. The smallest absolute Gasteiger partial charge is 0.383 e. The average molecular weight is 268 g/mol. The third-order valence-corrected chi connectivity index (χ3v) is 2.47. The van der Waals surface area contributed by atoms with E-state index in [4.69, 9.17) is 23.7 Å². The fourth-order valence-electron chi connectivity index (χ4n) is 1.71. The second-order valence-corrected chi connectivity index (χ2v) is 3.69. The van der Waals surface area contributed by atoms with E-state index in [0.717, 1.165) is 0 Å². The van der Waals surface area contributed by atoms with Crippen LogP contribution in [-0.4, -0.2) is 32.6 Å². The van der Waals surface area contributed by atoms with Crippen molar-refractivity contribution in [2.24, 2.45) is 0 Å². The molecule has 1 atom stereocenters. The first kappa shape index (κ1) is 13.5. The van der Waals surface area contributed by atoms with Gasteiger partial charge in [-0.3, -0.25) is 0 Å². The zero-order chi connectivity index (χ0) is 13.8. The number of rotatable bonds is 5. The van der Waals surface area contributed by atoms with Crippen LogP contribution >= 0.6 is 0 Å². The van der Waals surface area contributed by atoms with Gasteiger partial charge in [0.25, 0.3) is 5.76 Å². The van der Waals surface area contributed by atoms with Gasteiger partial charge in [0.05, 0.1) is 13.2 Å². The molecule has 0 saturated carbocycles. The summed E-state index contributed by atoms with van der Waals surface area (Å²) in [6.07, 6.45) is 2.89. The van der Waals surface area contributed by atoms with Crippen LogP contribution in [-0.2, 0) is 28.5 Å². The molecule has 0 bridgehead atoms. The number of carbonyl (C=O) groups is 1. The summed E-state index contributed by atoms with van der Waals surface area (Å²) in [6.45, 7) is 4.32. The Balaban J connectivity index is 2.34. The molecule has 1 unspecified atom stereocenters. The van der Waals surface area contributed by atoms with Gasteiger partial charge in [0.1, 0.15) is 0 Å². The lowest BCUT2D eigenvalue weighted by molar-refractivity contribution is -0.137. The van der Waals surface area contributed by atoms with Gasteiger partial charge in [-0.2, -0.15) is 0 Å². The second-order valence-electron chi connectivity index (χ2n) is 3.69. The summed E-state index contributed by atoms with van der Waals surface area (Å²) in [5.41, 5.74) is 0. The van der Waals surface area contributed by atoms with E-state index in [-0.39, 0.29) is 17.3 Å². The molecule has 0 saturated heterocycles. The van der Waals surface area contributed by atoms with Crippen molar-refractivity contribution < 1.29 is 28.5 Å². The Kier molecular flexibility index (Phi) is 4.11. The molecule has 104 valence electrons. The number of esters is 1. The van der Waals surface area contributed by atoms with Crippen molar-refractivity contribution in [2.75, 3.05) is 20.3 Å². The third-order valence-electron chi connectivity index (χ3n) is 2.47. The topological polar surface area (TPSA) is 63.2 Å². The van der Waals surface area contributed by atoms with Crippen LogP contribution in [0.1, 0.15) is 13.8 Å². The van der Waals surface area contributed by atoms with Crippen LogP contribution in [0.2, 0.25) is 0 Å². The van der Waals surface area contributed by atoms with E-state index < -0.39 is 12.3 Å². The summed E-state index contributed by atoms with van der Waals surface area (Å²) in [7, 11) is 1.52. The number of carbonyl (C=O) groups excluding carboxylic acids is 1. The molecule has 2 aliphatic rings. The van der Waals surface area contributed by atoms with E-state index in [1.165, 1.54) is 7.11 Å². The van der Waals surface area contributed by atoms with E-state index >= 15 is 0 Å². The molecule has 0 aromatic heterocycles. The van der Waals surface area contributed by atoms with E-state index in [2.05, 4.69) is 0 Å². The van der Waals surface area contributed by atoms with Gasteiger partial charge in [0, 0.05) is 7.11 Å². The molecule has 0 spiro atoms. The first-order valence-electron chi connectivity index (χ1n) is 6.05. The van der Waals surface area contributed by atoms with E-state index in [9.17, 15) is 4.79 Å². The molecule has 6 nitrogen and oxygen atoms in total. The molecular weight excluding hydrogens is 252 g/mol. The molecule has 2 rings (SSSR count). The standard InChI is InChI=1S/C13H16O6/c1-4-16-11-10(8-6-7-9(15-3)18-8)19-13(14)12(11)17-5-2/h6-7,9H,4-5H2,1-3H3/b10-8-. The summed E-state index contributed by atoms with van der Waals surface area (Å²) in [5.74, 6) is 0.380. The van der Waals surface area contributed by atoms with Gasteiger partial charge in [-0.25, -0.2) is 4.79 Å². The van der Waals surface area contributed by atoms with Gasteiger partial charge in [-0.1, -0.05) is 0 Å². The predicted octanol–water partition coefficient (Wildman–Crippen LogP) is 1.60. The Morgan fingerprint density at radius 3 is 2.47 bits per heavy atom. The van der Waals surface area contributed by atoms with Crippen LogP contribution in [0.5, 0.6) is 0 Å². The maximum absolute atomic E-state index is 11.7. The summed E-state index contributed by atoms with van der Waals surface area (Å²) in [4.78, 5) is 11.7. The molecule has 0 amide bonds. The van der Waals surface area contributed by atoms with Gasteiger partial charge >= 0.3 is 5.97 Å². The SMILES string of the molecule is CCOC1=C(OCC)/C(=C2\C=CC(OC)O2)OC1=O. The molecule has 0 N–H and O–H groups in total. The average Bonchev–Trinajstić information content (AvgIpc) is 2.98. The molecule has 0 aliphatic carbocycles. The molecule has 0 radical (unpaired) electrons. The van der Waals surface area contributed by atoms with Gasteiger partial charge in [-0.15, -0.1) is 0 Å². The van der Waals surface area contributed by atoms with Crippen LogP contribution in [0, 0.1) is 0 Å². The Morgan fingerprint density at radius 1 is 1.21 bits per heavy atom. The zero-order valence-electron chi connectivity index (χ0n) is 11.1. The highest BCUT2D eigenvalue weighted by molar-refractivity contribution is 5.92. The Hall–Kier alpha value is -1.95. The van der Waals surface area contributed by atoms with Gasteiger partial charge < -0.3 is 23.7 Å². The van der Waals surface area contributed by atoms with E-state index in [1.54, 1.807) is 19.1 Å². The molecule has 0 aromatic carbocycles. The fourth-order valence-corrected chi connectivity index (χ4v) is 1.71. The maximum Gasteiger partial charge on any atom is 0.383 e. The minimum atomic E-state index is -0.578. The summed E-state index contributed by atoms with van der Waals surface area (Å²) < 4.78 is 26.3. The Labute approximate surface area is 111 Å². The Morgan fingerprint density at radius 2 is 1.89 bits per heavy atom. The molecule has 0 aromatic rings. The lowest BCUT2D eigenvalue weighted by Crippen LogP contribution is -2.07. The molecule has 0 fully saturated rings. The van der Waals surface area contributed by atoms with Crippen molar-refractivity contribution in [1.82, 2.24) is 0 Å². The van der Waals surface area contributed by atoms with E-state index in [1.807, 2.05) is 6.92 Å². The van der Waals surface area contributed by atoms with Crippen molar-refractivity contribution in [2.45, 2.75) is 20.1 Å². The van der Waals surface area contributed by atoms with E-state index in [0.29, 0.717) is 19.0 Å². The van der Waals surface area contributed by atoms with Crippen LogP contribution in [0.15, 0.2) is 35.2 Å². The number of cyclic esters (lactones) is 1. The van der Waals surface area contributed by atoms with Crippen molar-refractivity contribution in [3.05, 3.63) is 35.2 Å². The van der Waals surface area contributed by atoms with Crippen molar-refractivity contribution in [3.8, 4) is 0 Å². The van der Waals surface area contributed by atoms with Crippen LogP contribution < -0.4 is 0 Å². The molecule has 2 heterocycles. The lowest BCUT2D eigenvalue weighted by atomic mass is 10.3. The third kappa shape index (κ3) is 2.58. The number of methoxy groups -OCH3 is 1. The zero-order valence-corrected chi connectivity index (χ0v) is 11.1. The maximum atomic E-state index is 11.7. The van der Waals surface area contributed by atoms with Crippen LogP contribution in [0.25, 0.3) is 0 Å². The lowest BCUT2D eigenvalue weighted by Gasteiger charge is -2.11. The number of allylic oxidation sites excluding steroid dienone is 1. The first-order chi connectivity index (χ1) is 9.21. The largest absolute Gasteiger partial charge is 0.486 e. The predicted molar refractivity (Wildman–Crippen MR) is 64.4 cm³/mol. The first-order valence-corrected chi connectivity index (χ1v) is 6.05. The molecule has 6 heteroatoms. The number of ether oxygens (including phenoxy) is 5. The van der Waals surface area contributed by atoms with Gasteiger partial charge in [-0.05, 0) is 26.0 Å². The summed E-state index contributed by atoms with van der Waals surface area (Å²) >= 11 is 0. The molecular formula is C13H16O6. The highest BCUT2D eigenvalue weighted by Crippen LogP contribution is 2.33. The van der Waals surface area contributed by atoms with Crippen molar-refractivity contribution in [3.63, 3.8) is 0 Å². The van der Waals surface area contributed by atoms with Gasteiger partial charge in [0.2, 0.25) is 17.8 Å². The minimum absolute atomic E-state index is 0.0738. The molecule has 2 aliphatic heterocycles. The van der Waals surface area contributed by atoms with Crippen LogP contribution in [0.4, 0.5) is 0 Å². The number of hydrogen-bond acceptors (Lipinski definition) is 6. The minimum Gasteiger partial charge on any atom is -0.486 e. The Bertz CT molecular complexity index is 460. The highest BCUT2D eigenvalue weighted by Gasteiger charge is 2.37. The monoisotopic (exact) mass is 268 g/mol. The highest BCUT2D eigenvalue weighted by atomic mass is 16.7. The summed E-state index contributed by atoms with van der Waals surface area (Å²) in [5, 5.41) is 0. The van der Waals surface area contributed by atoms with Crippen molar-refractivity contribution >= 4 is 5.97 Å². The quantitative estimate of drug-likeness (QED) is 0.706. The van der Waals surface area contributed by atoms with Crippen molar-refractivity contribution in [1.29, 1.82) is 0 Å². The summed E-state index contributed by atoms with van der Waals surface area (Å²) in [6, 6.07) is 0. The normalized spacial score (nSPS) is 25.6. The van der Waals surface area contributed by atoms with Crippen LogP contribution in [0.3, 0.4) is 0 Å². The number of hydrogen-bond donors (Lipinski definition) is 0. The van der Waals surface area contributed by atoms with Gasteiger partial charge in [0.15, 0.2) is 5.76 Å². The fraction of sp³-hybridized carbons (Fsp3) is 0.462. The molecule has 19 heavy (non-hydrogen) atoms.